The molecule has 0 bridgehead atoms. The van der Waals surface area contributed by atoms with E-state index >= 15 is 0 Å². The van der Waals surface area contributed by atoms with Crippen molar-refractivity contribution >= 4 is 0 Å². The molecule has 0 radical (unpaired) electrons. The van der Waals surface area contributed by atoms with E-state index in [0.29, 0.717) is 0 Å². The number of allylic oxidation sites excluding steroid dienone is 4. The standard InChI is InChI=1S/C21H36N2/c1-7-9-17(11-12-18(22)15-20(2,3)4)14-21(5,6)16-19-10-8-13-23-19/h8,10-13,23H,7,9,14-16,22H2,1-6H3/b17-11+,18-12-. The van der Waals surface area contributed by atoms with Crippen LogP contribution < -0.4 is 5.73 Å². The molecule has 0 spiro atoms. The van der Waals surface area contributed by atoms with Gasteiger partial charge >= 0.3 is 0 Å². The normalized spacial score (nSPS) is 14.3. The molecule has 0 saturated heterocycles. The van der Waals surface area contributed by atoms with Crippen LogP contribution in [0, 0.1) is 10.8 Å². The van der Waals surface area contributed by atoms with E-state index in [2.05, 4.69) is 70.8 Å². The molecule has 0 amide bonds. The minimum absolute atomic E-state index is 0.242. The van der Waals surface area contributed by atoms with Crippen LogP contribution in [0.1, 0.15) is 72.9 Å². The van der Waals surface area contributed by atoms with Gasteiger partial charge in [0.05, 0.1) is 0 Å². The van der Waals surface area contributed by atoms with E-state index in [9.17, 15) is 0 Å². The van der Waals surface area contributed by atoms with Crippen LogP contribution in [-0.2, 0) is 6.42 Å². The highest BCUT2D eigenvalue weighted by molar-refractivity contribution is 5.19. The lowest BCUT2D eigenvalue weighted by atomic mass is 9.80. The molecular formula is C21H36N2. The summed E-state index contributed by atoms with van der Waals surface area (Å²) in [6.45, 7) is 13.6. The number of H-pyrrole nitrogens is 1. The molecule has 2 heteroatoms. The van der Waals surface area contributed by atoms with E-state index in [1.54, 1.807) is 0 Å². The van der Waals surface area contributed by atoms with Gasteiger partial charge in [-0.1, -0.05) is 59.6 Å². The zero-order valence-corrected chi connectivity index (χ0v) is 16.0. The molecule has 130 valence electrons. The van der Waals surface area contributed by atoms with E-state index in [0.717, 1.165) is 31.4 Å². The van der Waals surface area contributed by atoms with E-state index < -0.39 is 0 Å². The number of rotatable bonds is 8. The smallest absolute Gasteiger partial charge is 0.0152 e. The molecule has 0 aliphatic heterocycles. The third kappa shape index (κ3) is 8.68. The summed E-state index contributed by atoms with van der Waals surface area (Å²) in [6, 6.07) is 4.25. The van der Waals surface area contributed by atoms with Crippen LogP contribution >= 0.6 is 0 Å². The second kappa shape index (κ2) is 8.42. The zero-order chi connectivity index (χ0) is 17.5. The molecule has 0 saturated carbocycles. The van der Waals surface area contributed by atoms with Gasteiger partial charge in [-0.3, -0.25) is 0 Å². The lowest BCUT2D eigenvalue weighted by molar-refractivity contribution is 0.352. The van der Waals surface area contributed by atoms with Crippen molar-refractivity contribution in [1.82, 2.24) is 4.98 Å². The largest absolute Gasteiger partial charge is 0.402 e. The molecule has 1 aromatic rings. The maximum absolute atomic E-state index is 6.19. The Morgan fingerprint density at radius 3 is 2.35 bits per heavy atom. The summed E-state index contributed by atoms with van der Waals surface area (Å²) in [5, 5.41) is 0. The Bertz CT molecular complexity index is 511. The third-order valence-electron chi connectivity index (χ3n) is 3.88. The number of nitrogens with one attached hydrogen (secondary N) is 1. The highest BCUT2D eigenvalue weighted by Crippen LogP contribution is 2.31. The number of aromatic amines is 1. The first kappa shape index (κ1) is 19.6. The van der Waals surface area contributed by atoms with E-state index in [1.807, 2.05) is 6.20 Å². The second-order valence-electron chi connectivity index (χ2n) is 8.77. The fourth-order valence-corrected chi connectivity index (χ4v) is 3.12. The molecule has 0 fully saturated rings. The Labute approximate surface area is 143 Å². The Hall–Kier alpha value is -1.44. The van der Waals surface area contributed by atoms with E-state index in [1.165, 1.54) is 17.7 Å². The SMILES string of the molecule is CCC/C(=C\C=C(/N)CC(C)(C)C)CC(C)(C)Cc1ccc[nH]1. The highest BCUT2D eigenvalue weighted by Gasteiger charge is 2.20. The van der Waals surface area contributed by atoms with Crippen molar-refractivity contribution in [3.05, 3.63) is 47.4 Å². The van der Waals surface area contributed by atoms with Crippen molar-refractivity contribution < 1.29 is 0 Å². The quantitative estimate of drug-likeness (QED) is 0.569. The molecule has 0 aromatic carbocycles. The first-order valence-corrected chi connectivity index (χ1v) is 8.88. The van der Waals surface area contributed by atoms with Crippen molar-refractivity contribution in [1.29, 1.82) is 0 Å². The average molecular weight is 317 g/mol. The predicted octanol–water partition coefficient (Wildman–Crippen LogP) is 5.98. The average Bonchev–Trinajstić information content (AvgIpc) is 2.85. The number of hydrogen-bond acceptors (Lipinski definition) is 1. The van der Waals surface area contributed by atoms with Crippen LogP contribution in [0.15, 0.2) is 41.8 Å². The van der Waals surface area contributed by atoms with Crippen molar-refractivity contribution in [2.75, 3.05) is 0 Å². The lowest BCUT2D eigenvalue weighted by Crippen LogP contribution is -2.16. The maximum atomic E-state index is 6.19. The van der Waals surface area contributed by atoms with Gasteiger partial charge in [0.1, 0.15) is 0 Å². The summed E-state index contributed by atoms with van der Waals surface area (Å²) >= 11 is 0. The zero-order valence-electron chi connectivity index (χ0n) is 16.0. The summed E-state index contributed by atoms with van der Waals surface area (Å²) in [5.74, 6) is 0. The van der Waals surface area contributed by atoms with Gasteiger partial charge in [-0.15, -0.1) is 0 Å². The van der Waals surface area contributed by atoms with Crippen LogP contribution in [0.5, 0.6) is 0 Å². The van der Waals surface area contributed by atoms with Gasteiger partial charge in [-0.25, -0.2) is 0 Å². The van der Waals surface area contributed by atoms with Gasteiger partial charge in [0.25, 0.3) is 0 Å². The molecular weight excluding hydrogens is 280 g/mol. The van der Waals surface area contributed by atoms with Crippen LogP contribution in [0.25, 0.3) is 0 Å². The summed E-state index contributed by atoms with van der Waals surface area (Å²) in [6.07, 6.45) is 11.8. The number of aromatic nitrogens is 1. The Morgan fingerprint density at radius 1 is 1.13 bits per heavy atom. The molecule has 0 aliphatic carbocycles. The number of nitrogens with two attached hydrogens (primary N) is 1. The maximum Gasteiger partial charge on any atom is 0.0152 e. The number of hydrogen-bond donors (Lipinski definition) is 2. The fourth-order valence-electron chi connectivity index (χ4n) is 3.12. The lowest BCUT2D eigenvalue weighted by Gasteiger charge is -2.26. The van der Waals surface area contributed by atoms with E-state index in [4.69, 9.17) is 5.73 Å². The Morgan fingerprint density at radius 2 is 1.83 bits per heavy atom. The fraction of sp³-hybridized carbons (Fsp3) is 0.619. The van der Waals surface area contributed by atoms with Gasteiger partial charge in [0.2, 0.25) is 0 Å². The molecule has 0 atom stereocenters. The topological polar surface area (TPSA) is 41.8 Å². The Balaban J connectivity index is 2.76. The van der Waals surface area contributed by atoms with Gasteiger partial charge in [0.15, 0.2) is 0 Å². The second-order valence-corrected chi connectivity index (χ2v) is 8.77. The van der Waals surface area contributed by atoms with Gasteiger partial charge in [0, 0.05) is 17.6 Å². The van der Waals surface area contributed by atoms with E-state index in [-0.39, 0.29) is 10.8 Å². The molecule has 23 heavy (non-hydrogen) atoms. The monoisotopic (exact) mass is 316 g/mol. The molecule has 0 aliphatic rings. The van der Waals surface area contributed by atoms with Gasteiger partial charge < -0.3 is 10.7 Å². The molecule has 1 aromatic heterocycles. The predicted molar refractivity (Wildman–Crippen MR) is 102 cm³/mol. The minimum atomic E-state index is 0.242. The minimum Gasteiger partial charge on any atom is -0.402 e. The molecule has 1 rings (SSSR count). The molecule has 3 N–H and O–H groups in total. The first-order chi connectivity index (χ1) is 10.6. The molecule has 1 heterocycles. The van der Waals surface area contributed by atoms with Crippen molar-refractivity contribution in [3.8, 4) is 0 Å². The third-order valence-corrected chi connectivity index (χ3v) is 3.88. The van der Waals surface area contributed by atoms with Crippen LogP contribution in [0.4, 0.5) is 0 Å². The van der Waals surface area contributed by atoms with Gasteiger partial charge in [-0.05, 0) is 54.7 Å². The van der Waals surface area contributed by atoms with Crippen LogP contribution in [-0.4, -0.2) is 4.98 Å². The van der Waals surface area contributed by atoms with Crippen LogP contribution in [0.2, 0.25) is 0 Å². The molecule has 0 unspecified atom stereocenters. The highest BCUT2D eigenvalue weighted by atomic mass is 14.7. The van der Waals surface area contributed by atoms with Crippen molar-refractivity contribution in [2.24, 2.45) is 16.6 Å². The van der Waals surface area contributed by atoms with Gasteiger partial charge in [-0.2, -0.15) is 0 Å². The van der Waals surface area contributed by atoms with Crippen LogP contribution in [0.3, 0.4) is 0 Å². The first-order valence-electron chi connectivity index (χ1n) is 8.88. The summed E-state index contributed by atoms with van der Waals surface area (Å²) < 4.78 is 0. The molecule has 2 nitrogen and oxygen atoms in total. The van der Waals surface area contributed by atoms with Crippen molar-refractivity contribution in [2.45, 2.75) is 73.6 Å². The van der Waals surface area contributed by atoms with Crippen molar-refractivity contribution in [3.63, 3.8) is 0 Å². The summed E-state index contributed by atoms with van der Waals surface area (Å²) in [4.78, 5) is 3.32. The Kier molecular flexibility index (Phi) is 7.18. The summed E-state index contributed by atoms with van der Waals surface area (Å²) in [5.41, 5.74) is 10.5. The summed E-state index contributed by atoms with van der Waals surface area (Å²) in [7, 11) is 0.